The smallest absolute Gasteiger partial charge is 0.0691 e. The number of fused-ring (bicyclic) bond motifs is 1. The summed E-state index contributed by atoms with van der Waals surface area (Å²) < 4.78 is 5.83. The van der Waals surface area contributed by atoms with Gasteiger partial charge in [-0.25, -0.2) is 0 Å². The highest BCUT2D eigenvalue weighted by atomic mass is 16.5. The van der Waals surface area contributed by atoms with Crippen molar-refractivity contribution < 1.29 is 4.74 Å². The van der Waals surface area contributed by atoms with Gasteiger partial charge in [-0.3, -0.25) is 0 Å². The van der Waals surface area contributed by atoms with Gasteiger partial charge in [0.2, 0.25) is 0 Å². The third kappa shape index (κ3) is 2.70. The molecule has 0 spiro atoms. The lowest BCUT2D eigenvalue weighted by Gasteiger charge is -2.62. The Morgan fingerprint density at radius 2 is 2.05 bits per heavy atom. The van der Waals surface area contributed by atoms with Crippen LogP contribution in [0.25, 0.3) is 0 Å². The average molecular weight is 268 g/mol. The fourth-order valence-corrected chi connectivity index (χ4v) is 3.93. The maximum absolute atomic E-state index is 6.69. The Bertz CT molecular complexity index is 303. The van der Waals surface area contributed by atoms with Gasteiger partial charge in [0.05, 0.1) is 6.10 Å². The summed E-state index contributed by atoms with van der Waals surface area (Å²) in [7, 11) is 0. The molecule has 0 aromatic heterocycles. The van der Waals surface area contributed by atoms with Gasteiger partial charge in [0.15, 0.2) is 0 Å². The third-order valence-corrected chi connectivity index (χ3v) is 5.47. The number of rotatable bonds is 7. The van der Waals surface area contributed by atoms with Gasteiger partial charge in [0.1, 0.15) is 0 Å². The van der Waals surface area contributed by atoms with Gasteiger partial charge in [-0.1, -0.05) is 40.5 Å². The van der Waals surface area contributed by atoms with Crippen molar-refractivity contribution in [3.8, 4) is 0 Å². The molecule has 0 aromatic carbocycles. The summed E-state index contributed by atoms with van der Waals surface area (Å²) in [5.74, 6) is 1.38. The molecule has 2 aliphatic rings. The molecule has 1 saturated carbocycles. The van der Waals surface area contributed by atoms with Gasteiger partial charge in [-0.05, 0) is 25.3 Å². The zero-order valence-electron chi connectivity index (χ0n) is 13.2. The van der Waals surface area contributed by atoms with E-state index in [-0.39, 0.29) is 11.0 Å². The van der Waals surface area contributed by atoms with Crippen LogP contribution in [-0.2, 0) is 4.74 Å². The summed E-state index contributed by atoms with van der Waals surface area (Å²) in [5.41, 5.74) is 6.72. The van der Waals surface area contributed by atoms with Crippen LogP contribution in [0, 0.1) is 17.3 Å². The number of nitrogens with two attached hydrogens (primary N) is 1. The van der Waals surface area contributed by atoms with Gasteiger partial charge < -0.3 is 15.8 Å². The van der Waals surface area contributed by atoms with E-state index in [1.807, 2.05) is 0 Å². The van der Waals surface area contributed by atoms with E-state index < -0.39 is 0 Å². The first-order chi connectivity index (χ1) is 8.89. The van der Waals surface area contributed by atoms with Crippen LogP contribution < -0.4 is 11.1 Å². The lowest BCUT2D eigenvalue weighted by molar-refractivity contribution is -0.153. The van der Waals surface area contributed by atoms with Crippen molar-refractivity contribution in [2.24, 2.45) is 23.0 Å². The number of hydrogen-bond acceptors (Lipinski definition) is 3. The Kier molecular flexibility index (Phi) is 4.59. The van der Waals surface area contributed by atoms with Gasteiger partial charge >= 0.3 is 0 Å². The van der Waals surface area contributed by atoms with Crippen LogP contribution in [0.15, 0.2) is 0 Å². The molecule has 3 unspecified atom stereocenters. The lowest BCUT2D eigenvalue weighted by Crippen LogP contribution is -2.78. The molecule has 3 heteroatoms. The van der Waals surface area contributed by atoms with E-state index in [0.717, 1.165) is 32.0 Å². The minimum absolute atomic E-state index is 0.0772. The molecular weight excluding hydrogens is 236 g/mol. The molecule has 2 fully saturated rings. The van der Waals surface area contributed by atoms with Crippen LogP contribution in [0.1, 0.15) is 53.4 Å². The molecular formula is C16H32N2O. The van der Waals surface area contributed by atoms with Crippen LogP contribution in [0.3, 0.4) is 0 Å². The second-order valence-electron chi connectivity index (χ2n) is 7.52. The molecule has 1 saturated heterocycles. The Hall–Kier alpha value is -0.120. The van der Waals surface area contributed by atoms with E-state index in [1.165, 1.54) is 19.3 Å². The second-order valence-corrected chi connectivity index (χ2v) is 7.52. The molecule has 1 heterocycles. The number of hydrogen-bond donors (Lipinski definition) is 2. The van der Waals surface area contributed by atoms with Crippen molar-refractivity contribution in [2.75, 3.05) is 19.7 Å². The minimum Gasteiger partial charge on any atom is -0.377 e. The standard InChI is InChI=1S/C16H32N2O/c1-12(2)7-5-6-9-18-11-16(17)13-8-10-19-14(13)15(16,3)4/h12-14,18H,5-11,17H2,1-4H3. The summed E-state index contributed by atoms with van der Waals surface area (Å²) in [6.45, 7) is 12.0. The predicted octanol–water partition coefficient (Wildman–Crippen LogP) is 2.54. The molecule has 19 heavy (non-hydrogen) atoms. The van der Waals surface area contributed by atoms with Crippen LogP contribution in [-0.4, -0.2) is 31.3 Å². The Labute approximate surface area is 118 Å². The highest BCUT2D eigenvalue weighted by Gasteiger charge is 2.67. The van der Waals surface area contributed by atoms with E-state index >= 15 is 0 Å². The van der Waals surface area contributed by atoms with Crippen molar-refractivity contribution in [1.29, 1.82) is 0 Å². The van der Waals surface area contributed by atoms with E-state index in [1.54, 1.807) is 0 Å². The maximum atomic E-state index is 6.69. The monoisotopic (exact) mass is 268 g/mol. The van der Waals surface area contributed by atoms with Gasteiger partial charge in [0, 0.05) is 30.0 Å². The molecule has 1 aliphatic carbocycles. The number of unbranched alkanes of at least 4 members (excludes halogenated alkanes) is 1. The van der Waals surface area contributed by atoms with Crippen molar-refractivity contribution in [3.63, 3.8) is 0 Å². The average Bonchev–Trinajstić information content (AvgIpc) is 2.81. The second kappa shape index (κ2) is 5.71. The minimum atomic E-state index is -0.0772. The van der Waals surface area contributed by atoms with E-state index in [9.17, 15) is 0 Å². The summed E-state index contributed by atoms with van der Waals surface area (Å²) in [6, 6.07) is 0. The van der Waals surface area contributed by atoms with Crippen LogP contribution in [0.4, 0.5) is 0 Å². The van der Waals surface area contributed by atoms with Crippen molar-refractivity contribution in [1.82, 2.24) is 5.32 Å². The van der Waals surface area contributed by atoms with Gasteiger partial charge in [-0.15, -0.1) is 0 Å². The van der Waals surface area contributed by atoms with E-state index in [2.05, 4.69) is 33.0 Å². The van der Waals surface area contributed by atoms with Gasteiger partial charge in [0.25, 0.3) is 0 Å². The van der Waals surface area contributed by atoms with Gasteiger partial charge in [-0.2, -0.15) is 0 Å². The first kappa shape index (κ1) is 15.3. The van der Waals surface area contributed by atoms with Crippen molar-refractivity contribution in [2.45, 2.75) is 65.0 Å². The lowest BCUT2D eigenvalue weighted by atomic mass is 9.48. The van der Waals surface area contributed by atoms with Crippen LogP contribution >= 0.6 is 0 Å². The highest BCUT2D eigenvalue weighted by Crippen LogP contribution is 2.57. The summed E-state index contributed by atoms with van der Waals surface area (Å²) in [6.07, 6.45) is 5.44. The van der Waals surface area contributed by atoms with Crippen LogP contribution in [0.5, 0.6) is 0 Å². The summed E-state index contributed by atoms with van der Waals surface area (Å²) in [5, 5.41) is 3.59. The SMILES string of the molecule is CC(C)CCCCNCC1(N)C2CCOC2C1(C)C. The van der Waals surface area contributed by atoms with Crippen molar-refractivity contribution >= 4 is 0 Å². The fourth-order valence-electron chi connectivity index (χ4n) is 3.93. The highest BCUT2D eigenvalue weighted by molar-refractivity contribution is 5.21. The molecule has 112 valence electrons. The molecule has 3 nitrogen and oxygen atoms in total. The fraction of sp³-hybridized carbons (Fsp3) is 1.00. The maximum Gasteiger partial charge on any atom is 0.0691 e. The summed E-state index contributed by atoms with van der Waals surface area (Å²) >= 11 is 0. The Morgan fingerprint density at radius 1 is 1.32 bits per heavy atom. The molecule has 1 aliphatic heterocycles. The third-order valence-electron chi connectivity index (χ3n) is 5.47. The molecule has 2 rings (SSSR count). The largest absolute Gasteiger partial charge is 0.377 e. The molecule has 0 amide bonds. The molecule has 0 bridgehead atoms. The first-order valence-corrected chi connectivity index (χ1v) is 8.01. The zero-order valence-corrected chi connectivity index (χ0v) is 13.2. The topological polar surface area (TPSA) is 47.3 Å². The molecule has 0 radical (unpaired) electrons. The molecule has 3 N–H and O–H groups in total. The van der Waals surface area contributed by atoms with Crippen molar-refractivity contribution in [3.05, 3.63) is 0 Å². The predicted molar refractivity (Wildman–Crippen MR) is 80.1 cm³/mol. The Balaban J connectivity index is 1.70. The van der Waals surface area contributed by atoms with Crippen LogP contribution in [0.2, 0.25) is 0 Å². The van der Waals surface area contributed by atoms with E-state index in [0.29, 0.717) is 12.0 Å². The molecule has 3 atom stereocenters. The normalized spacial score (nSPS) is 36.3. The molecule has 0 aromatic rings. The zero-order chi connectivity index (χ0) is 14.1. The Morgan fingerprint density at radius 3 is 2.74 bits per heavy atom. The summed E-state index contributed by atoms with van der Waals surface area (Å²) in [4.78, 5) is 0. The van der Waals surface area contributed by atoms with E-state index in [4.69, 9.17) is 10.5 Å². The number of nitrogens with one attached hydrogen (secondary N) is 1. The number of ether oxygens (including phenoxy) is 1. The first-order valence-electron chi connectivity index (χ1n) is 8.01. The quantitative estimate of drug-likeness (QED) is 0.698.